The zero-order valence-electron chi connectivity index (χ0n) is 12.0. The van der Waals surface area contributed by atoms with Crippen LogP contribution in [0.25, 0.3) is 0 Å². The van der Waals surface area contributed by atoms with E-state index in [4.69, 9.17) is 5.26 Å². The van der Waals surface area contributed by atoms with Crippen molar-refractivity contribution in [1.29, 1.82) is 5.26 Å². The van der Waals surface area contributed by atoms with Crippen LogP contribution in [0, 0.1) is 18.3 Å². The average molecular weight is 259 g/mol. The van der Waals surface area contributed by atoms with E-state index in [1.165, 1.54) is 0 Å². The number of nitrogens with zero attached hydrogens (tertiary/aromatic N) is 1. The predicted octanol–water partition coefficient (Wildman–Crippen LogP) is 1.87. The molecular formula is C15H21N3O. The normalized spacial score (nSPS) is 10.9. The van der Waals surface area contributed by atoms with Crippen LogP contribution in [0.1, 0.15) is 37.5 Å². The second-order valence-electron chi connectivity index (χ2n) is 5.65. The molecule has 0 atom stereocenters. The molecule has 0 unspecified atom stereocenters. The van der Waals surface area contributed by atoms with Crippen molar-refractivity contribution in [2.24, 2.45) is 0 Å². The number of aryl methyl sites for hydroxylation is 1. The van der Waals surface area contributed by atoms with Crippen LogP contribution in [-0.2, 0) is 11.3 Å². The number of amides is 1. The van der Waals surface area contributed by atoms with Crippen LogP contribution in [0.15, 0.2) is 18.2 Å². The molecule has 1 rings (SSSR count). The summed E-state index contributed by atoms with van der Waals surface area (Å²) < 4.78 is 0. The fourth-order valence-corrected chi connectivity index (χ4v) is 1.74. The molecule has 19 heavy (non-hydrogen) atoms. The van der Waals surface area contributed by atoms with Gasteiger partial charge < -0.3 is 10.6 Å². The summed E-state index contributed by atoms with van der Waals surface area (Å²) in [6.45, 7) is 8.74. The van der Waals surface area contributed by atoms with Crippen LogP contribution < -0.4 is 10.6 Å². The lowest BCUT2D eigenvalue weighted by Gasteiger charge is -2.20. The Morgan fingerprint density at radius 1 is 1.37 bits per heavy atom. The van der Waals surface area contributed by atoms with E-state index in [1.807, 2.05) is 39.8 Å². The molecule has 0 aliphatic rings. The fraction of sp³-hybridized carbons (Fsp3) is 0.467. The van der Waals surface area contributed by atoms with Gasteiger partial charge in [-0.15, -0.1) is 0 Å². The summed E-state index contributed by atoms with van der Waals surface area (Å²) in [5.41, 5.74) is 2.61. The summed E-state index contributed by atoms with van der Waals surface area (Å²) in [6, 6.07) is 7.67. The van der Waals surface area contributed by atoms with E-state index < -0.39 is 0 Å². The van der Waals surface area contributed by atoms with Gasteiger partial charge in [-0.2, -0.15) is 5.26 Å². The molecule has 0 aliphatic carbocycles. The summed E-state index contributed by atoms with van der Waals surface area (Å²) >= 11 is 0. The number of nitrogens with one attached hydrogen (secondary N) is 2. The highest BCUT2D eigenvalue weighted by Crippen LogP contribution is 2.10. The second kappa shape index (κ2) is 6.35. The minimum atomic E-state index is -0.205. The van der Waals surface area contributed by atoms with E-state index in [9.17, 15) is 4.79 Å². The Morgan fingerprint density at radius 3 is 2.58 bits per heavy atom. The number of nitriles is 1. The molecule has 0 aromatic heterocycles. The molecule has 0 saturated heterocycles. The molecule has 0 spiro atoms. The molecule has 1 aromatic rings. The van der Waals surface area contributed by atoms with Crippen molar-refractivity contribution in [3.8, 4) is 6.07 Å². The van der Waals surface area contributed by atoms with Gasteiger partial charge in [0.25, 0.3) is 0 Å². The summed E-state index contributed by atoms with van der Waals surface area (Å²) in [5.74, 6) is -0.0150. The molecule has 2 N–H and O–H groups in total. The standard InChI is InChI=1S/C15H21N3O/c1-11-7-12(8-16)5-6-13(11)9-17-10-14(19)18-15(2,3)4/h5-7,17H,9-10H2,1-4H3,(H,18,19). The molecule has 102 valence electrons. The Labute approximate surface area is 114 Å². The van der Waals surface area contributed by atoms with Crippen LogP contribution in [0.3, 0.4) is 0 Å². The van der Waals surface area contributed by atoms with Gasteiger partial charge in [-0.05, 0) is 51.0 Å². The SMILES string of the molecule is Cc1cc(C#N)ccc1CNCC(=O)NC(C)(C)C. The first kappa shape index (κ1) is 15.2. The van der Waals surface area contributed by atoms with Crippen LogP contribution in [0.2, 0.25) is 0 Å². The lowest BCUT2D eigenvalue weighted by Crippen LogP contribution is -2.44. The molecule has 0 fully saturated rings. The first-order valence-electron chi connectivity index (χ1n) is 6.33. The van der Waals surface area contributed by atoms with Gasteiger partial charge in [-0.25, -0.2) is 0 Å². The maximum Gasteiger partial charge on any atom is 0.234 e. The summed E-state index contributed by atoms with van der Waals surface area (Å²) in [4.78, 5) is 11.6. The molecular weight excluding hydrogens is 238 g/mol. The Morgan fingerprint density at radius 2 is 2.05 bits per heavy atom. The summed E-state index contributed by atoms with van der Waals surface area (Å²) in [6.07, 6.45) is 0. The number of rotatable bonds is 4. The van der Waals surface area contributed by atoms with E-state index in [0.29, 0.717) is 12.1 Å². The van der Waals surface area contributed by atoms with E-state index in [2.05, 4.69) is 16.7 Å². The number of carbonyl (C=O) groups is 1. The largest absolute Gasteiger partial charge is 0.350 e. The van der Waals surface area contributed by atoms with Crippen molar-refractivity contribution in [2.45, 2.75) is 39.8 Å². The van der Waals surface area contributed by atoms with E-state index in [1.54, 1.807) is 6.07 Å². The maximum atomic E-state index is 11.6. The molecule has 4 nitrogen and oxygen atoms in total. The predicted molar refractivity (Wildman–Crippen MR) is 75.5 cm³/mol. The summed E-state index contributed by atoms with van der Waals surface area (Å²) in [7, 11) is 0. The highest BCUT2D eigenvalue weighted by Gasteiger charge is 2.12. The highest BCUT2D eigenvalue weighted by molar-refractivity contribution is 5.78. The topological polar surface area (TPSA) is 64.9 Å². The molecule has 0 aliphatic heterocycles. The number of hydrogen-bond acceptors (Lipinski definition) is 3. The zero-order chi connectivity index (χ0) is 14.5. The van der Waals surface area contributed by atoms with Crippen LogP contribution in [0.5, 0.6) is 0 Å². The third-order valence-electron chi connectivity index (χ3n) is 2.59. The van der Waals surface area contributed by atoms with E-state index in [-0.39, 0.29) is 18.0 Å². The summed E-state index contributed by atoms with van der Waals surface area (Å²) in [5, 5.41) is 14.8. The van der Waals surface area contributed by atoms with Crippen molar-refractivity contribution in [1.82, 2.24) is 10.6 Å². The van der Waals surface area contributed by atoms with Crippen LogP contribution in [0.4, 0.5) is 0 Å². The van der Waals surface area contributed by atoms with Crippen LogP contribution in [-0.4, -0.2) is 18.0 Å². The average Bonchev–Trinajstić information content (AvgIpc) is 2.28. The molecule has 0 heterocycles. The molecule has 0 bridgehead atoms. The Hall–Kier alpha value is -1.86. The van der Waals surface area contributed by atoms with Gasteiger partial charge in [-0.3, -0.25) is 4.79 Å². The fourth-order valence-electron chi connectivity index (χ4n) is 1.74. The van der Waals surface area contributed by atoms with Gasteiger partial charge in [0, 0.05) is 12.1 Å². The van der Waals surface area contributed by atoms with E-state index >= 15 is 0 Å². The number of benzene rings is 1. The lowest BCUT2D eigenvalue weighted by atomic mass is 10.1. The van der Waals surface area contributed by atoms with E-state index in [0.717, 1.165) is 11.1 Å². The van der Waals surface area contributed by atoms with Crippen molar-refractivity contribution < 1.29 is 4.79 Å². The second-order valence-corrected chi connectivity index (χ2v) is 5.65. The molecule has 0 radical (unpaired) electrons. The third kappa shape index (κ3) is 5.54. The first-order valence-corrected chi connectivity index (χ1v) is 6.33. The Kier molecular flexibility index (Phi) is 5.08. The van der Waals surface area contributed by atoms with Gasteiger partial charge in [0.15, 0.2) is 0 Å². The third-order valence-corrected chi connectivity index (χ3v) is 2.59. The highest BCUT2D eigenvalue weighted by atomic mass is 16.2. The minimum absolute atomic E-state index is 0.0150. The number of hydrogen-bond donors (Lipinski definition) is 2. The molecule has 1 amide bonds. The van der Waals surface area contributed by atoms with Gasteiger partial charge in [-0.1, -0.05) is 6.07 Å². The zero-order valence-corrected chi connectivity index (χ0v) is 12.0. The van der Waals surface area contributed by atoms with Crippen molar-refractivity contribution >= 4 is 5.91 Å². The van der Waals surface area contributed by atoms with Gasteiger partial charge in [0.2, 0.25) is 5.91 Å². The maximum absolute atomic E-state index is 11.6. The molecule has 1 aromatic carbocycles. The Balaban J connectivity index is 2.46. The van der Waals surface area contributed by atoms with Crippen LogP contribution >= 0.6 is 0 Å². The molecule has 4 heteroatoms. The molecule has 0 saturated carbocycles. The monoisotopic (exact) mass is 259 g/mol. The van der Waals surface area contributed by atoms with Crippen molar-refractivity contribution in [3.63, 3.8) is 0 Å². The van der Waals surface area contributed by atoms with Gasteiger partial charge in [0.05, 0.1) is 18.2 Å². The van der Waals surface area contributed by atoms with Crippen molar-refractivity contribution in [3.05, 3.63) is 34.9 Å². The lowest BCUT2D eigenvalue weighted by molar-refractivity contribution is -0.121. The number of carbonyl (C=O) groups excluding carboxylic acids is 1. The van der Waals surface area contributed by atoms with Gasteiger partial charge in [0.1, 0.15) is 0 Å². The smallest absolute Gasteiger partial charge is 0.234 e. The minimum Gasteiger partial charge on any atom is -0.350 e. The first-order chi connectivity index (χ1) is 8.81. The van der Waals surface area contributed by atoms with Gasteiger partial charge >= 0.3 is 0 Å². The quantitative estimate of drug-likeness (QED) is 0.867. The Bertz CT molecular complexity index is 495. The van der Waals surface area contributed by atoms with Crippen molar-refractivity contribution in [2.75, 3.05) is 6.54 Å².